The first-order valence-corrected chi connectivity index (χ1v) is 6.96. The van der Waals surface area contributed by atoms with E-state index in [1.54, 1.807) is 0 Å². The normalized spacial score (nSPS) is 16.8. The molecule has 0 aromatic rings. The van der Waals surface area contributed by atoms with Gasteiger partial charge in [0.2, 0.25) is 0 Å². The molecule has 0 aromatic heterocycles. The maximum atomic E-state index is 13.0. The molecule has 0 aromatic carbocycles. The Kier molecular flexibility index (Phi) is 8.42. The van der Waals surface area contributed by atoms with E-state index in [2.05, 4.69) is 0 Å². The Balaban J connectivity index is 0. The summed E-state index contributed by atoms with van der Waals surface area (Å²) in [5, 5.41) is 0. The maximum Gasteiger partial charge on any atom is 1.00 e. The van der Waals surface area contributed by atoms with E-state index in [0.717, 1.165) is 0 Å². The van der Waals surface area contributed by atoms with Crippen molar-refractivity contribution in [3.63, 3.8) is 0 Å². The molecule has 0 aliphatic carbocycles. The summed E-state index contributed by atoms with van der Waals surface area (Å²) in [6, 6.07) is 0. The third-order valence-corrected chi connectivity index (χ3v) is 3.64. The molecule has 0 fully saturated rings. The smallest absolute Gasteiger partial charge is 0.746 e. The Morgan fingerprint density at radius 1 is 0.571 bits per heavy atom. The van der Waals surface area contributed by atoms with Crippen LogP contribution in [0.4, 0.5) is 65.9 Å². The second kappa shape index (κ2) is 7.84. The van der Waals surface area contributed by atoms with Crippen molar-refractivity contribution in [3.05, 3.63) is 0 Å². The van der Waals surface area contributed by atoms with Gasteiger partial charge in [0.15, 0.2) is 0 Å². The Hall–Kier alpha value is -0.140. The zero-order valence-corrected chi connectivity index (χ0v) is 15.3. The maximum absolute atomic E-state index is 13.0. The van der Waals surface area contributed by atoms with Crippen LogP contribution in [0.2, 0.25) is 0 Å². The summed E-state index contributed by atoms with van der Waals surface area (Å²) in [5.74, 6) is -48.5. The van der Waals surface area contributed by atoms with E-state index in [1.807, 2.05) is 0 Å². The minimum absolute atomic E-state index is 0. The average molecular weight is 486 g/mol. The molecule has 3 nitrogen and oxygen atoms in total. The largest absolute Gasteiger partial charge is 1.00 e. The zero-order valence-electron chi connectivity index (χ0n) is 12.5. The van der Waals surface area contributed by atoms with E-state index >= 15 is 0 Å². The molecule has 0 aliphatic heterocycles. The summed E-state index contributed by atoms with van der Waals surface area (Å²) in [4.78, 5) is 0. The molecule has 0 amide bonds. The molecule has 0 N–H and O–H groups in total. The Labute approximate surface area is 166 Å². The van der Waals surface area contributed by atoms with Crippen molar-refractivity contribution in [1.82, 2.24) is 0 Å². The topological polar surface area (TPSA) is 57.2 Å². The van der Waals surface area contributed by atoms with Gasteiger partial charge in [-0.25, -0.2) is 21.6 Å². The van der Waals surface area contributed by atoms with E-state index in [0.29, 0.717) is 0 Å². The van der Waals surface area contributed by atoms with Crippen molar-refractivity contribution in [2.24, 2.45) is 0 Å². The van der Waals surface area contributed by atoms with Gasteiger partial charge >= 0.3 is 71.5 Å². The van der Waals surface area contributed by atoms with Gasteiger partial charge < -0.3 is 4.55 Å². The van der Waals surface area contributed by atoms with Gasteiger partial charge in [0, 0.05) is 0 Å². The van der Waals surface area contributed by atoms with E-state index in [9.17, 15) is 78.8 Å². The quantitative estimate of drug-likeness (QED) is 0.292. The van der Waals surface area contributed by atoms with E-state index in [1.165, 1.54) is 0 Å². The predicted molar refractivity (Wildman–Crippen MR) is 50.3 cm³/mol. The molecule has 164 valence electrons. The monoisotopic (exact) mass is 486 g/mol. The Bertz CT molecular complexity index is 660. The fraction of sp³-hybridized carbons (Fsp3) is 1.00. The van der Waals surface area contributed by atoms with Crippen LogP contribution in [0.15, 0.2) is 0 Å². The zero-order chi connectivity index (χ0) is 22.7. The molecule has 0 heterocycles. The summed E-state index contributed by atoms with van der Waals surface area (Å²) in [5.41, 5.74) is -5.94. The SMILES string of the molecule is O=S(=O)([O-])C(F)C(F)(F)C(F)(F)C(F)(F)C(F)(F)C(F)(F)C(F)(F)C(F)F.[Na+]. The molecule has 20 heteroatoms. The third-order valence-electron chi connectivity index (χ3n) is 2.83. The van der Waals surface area contributed by atoms with Crippen LogP contribution in [0.5, 0.6) is 0 Å². The molecule has 0 saturated heterocycles. The second-order valence-electron chi connectivity index (χ2n) is 4.65. The van der Waals surface area contributed by atoms with Gasteiger partial charge in [0.05, 0.1) is 0 Å². The fourth-order valence-electron chi connectivity index (χ4n) is 1.27. The number of hydrogen-bond donors (Lipinski definition) is 0. The number of alkyl halides is 15. The van der Waals surface area contributed by atoms with Crippen molar-refractivity contribution in [2.75, 3.05) is 0 Å². The van der Waals surface area contributed by atoms with Crippen LogP contribution >= 0.6 is 0 Å². The van der Waals surface area contributed by atoms with E-state index in [-0.39, 0.29) is 29.6 Å². The molecule has 0 bridgehead atoms. The van der Waals surface area contributed by atoms with Crippen LogP contribution in [0.1, 0.15) is 0 Å². The summed E-state index contributed by atoms with van der Waals surface area (Å²) < 4.78 is 220. The number of rotatable bonds is 8. The third kappa shape index (κ3) is 4.04. The van der Waals surface area contributed by atoms with Crippen molar-refractivity contribution in [3.8, 4) is 0 Å². The molecule has 1 unspecified atom stereocenters. The fourth-order valence-corrected chi connectivity index (χ4v) is 1.78. The average Bonchev–Trinajstić information content (AvgIpc) is 2.43. The molecule has 0 spiro atoms. The van der Waals surface area contributed by atoms with E-state index in [4.69, 9.17) is 0 Å². The van der Waals surface area contributed by atoms with Gasteiger partial charge in [-0.1, -0.05) is 0 Å². The first-order valence-electron chi connectivity index (χ1n) is 5.49. The second-order valence-corrected chi connectivity index (χ2v) is 6.05. The minimum atomic E-state index is -8.47. The molecule has 0 rings (SSSR count). The number of halogens is 15. The Morgan fingerprint density at radius 3 is 1.04 bits per heavy atom. The first kappa shape index (κ1) is 30.1. The molecule has 0 radical (unpaired) electrons. The molecule has 0 saturated carbocycles. The molecule has 0 aliphatic rings. The van der Waals surface area contributed by atoms with Crippen molar-refractivity contribution < 1.29 is 108 Å². The summed E-state index contributed by atoms with van der Waals surface area (Å²) >= 11 is 0. The number of hydrogen-bond acceptors (Lipinski definition) is 3. The predicted octanol–water partition coefficient (Wildman–Crippen LogP) is 0.908. The van der Waals surface area contributed by atoms with Gasteiger partial charge in [-0.15, -0.1) is 0 Å². The van der Waals surface area contributed by atoms with Crippen LogP contribution in [0, 0.1) is 0 Å². The Morgan fingerprint density at radius 2 is 0.821 bits per heavy atom. The van der Waals surface area contributed by atoms with Gasteiger partial charge in [-0.3, -0.25) is 0 Å². The standard InChI is InChI=1S/C8H3F15O3S.Na/c9-1(10)3(12,13)5(16,17)7(20,21)8(22,23)6(18,19)4(14,15)2(11)27(24,25)26;/h1-2H,(H,24,25,26);/q;+1/p-1. The van der Waals surface area contributed by atoms with Crippen molar-refractivity contribution in [2.45, 2.75) is 47.5 Å². The van der Waals surface area contributed by atoms with Gasteiger partial charge in [0.1, 0.15) is 10.1 Å². The summed E-state index contributed by atoms with van der Waals surface area (Å²) in [7, 11) is -7.31. The molecular formula is C8H2F15NaO3S. The van der Waals surface area contributed by atoms with Crippen molar-refractivity contribution in [1.29, 1.82) is 0 Å². The van der Waals surface area contributed by atoms with Crippen LogP contribution in [-0.2, 0) is 10.1 Å². The van der Waals surface area contributed by atoms with Crippen LogP contribution in [0.25, 0.3) is 0 Å². The van der Waals surface area contributed by atoms with Crippen molar-refractivity contribution >= 4 is 10.1 Å². The summed E-state index contributed by atoms with van der Waals surface area (Å²) in [6.45, 7) is 0. The summed E-state index contributed by atoms with van der Waals surface area (Å²) in [6.07, 6.45) is -5.90. The molecule has 28 heavy (non-hydrogen) atoms. The first-order chi connectivity index (χ1) is 11.3. The molecule has 1 atom stereocenters. The van der Waals surface area contributed by atoms with Gasteiger partial charge in [-0.2, -0.15) is 52.7 Å². The van der Waals surface area contributed by atoms with Gasteiger partial charge in [0.25, 0.3) is 5.50 Å². The van der Waals surface area contributed by atoms with Crippen LogP contribution in [0.3, 0.4) is 0 Å². The van der Waals surface area contributed by atoms with Crippen LogP contribution < -0.4 is 29.6 Å². The minimum Gasteiger partial charge on any atom is -0.746 e. The van der Waals surface area contributed by atoms with Crippen LogP contribution in [-0.4, -0.2) is 60.4 Å². The van der Waals surface area contributed by atoms with E-state index < -0.39 is 57.6 Å². The molecular weight excluding hydrogens is 484 g/mol. The van der Waals surface area contributed by atoms with Gasteiger partial charge in [-0.05, 0) is 0 Å².